The number of carbonyl (C=O) groups excluding carboxylic acids is 1. The SMILES string of the molecule is O=C(O)COC1CCN(C(=O)c2ccc(F)cc2O)CC1. The lowest BCUT2D eigenvalue weighted by atomic mass is 10.1. The molecule has 1 fully saturated rings. The van der Waals surface area contributed by atoms with E-state index in [2.05, 4.69) is 0 Å². The lowest BCUT2D eigenvalue weighted by Gasteiger charge is -2.31. The molecule has 1 aromatic carbocycles. The first kappa shape index (κ1) is 15.2. The van der Waals surface area contributed by atoms with Crippen LogP contribution in [0, 0.1) is 5.82 Å². The van der Waals surface area contributed by atoms with Crippen LogP contribution in [-0.4, -0.2) is 52.8 Å². The number of piperidine rings is 1. The Balaban J connectivity index is 1.92. The van der Waals surface area contributed by atoms with Gasteiger partial charge in [0.05, 0.1) is 11.7 Å². The summed E-state index contributed by atoms with van der Waals surface area (Å²) >= 11 is 0. The lowest BCUT2D eigenvalue weighted by Crippen LogP contribution is -2.41. The van der Waals surface area contributed by atoms with Crippen LogP contribution >= 0.6 is 0 Å². The first-order valence-corrected chi connectivity index (χ1v) is 6.58. The van der Waals surface area contributed by atoms with Gasteiger partial charge in [-0.1, -0.05) is 0 Å². The molecule has 0 aliphatic carbocycles. The predicted octanol–water partition coefficient (Wildman–Crippen LogP) is 1.24. The molecule has 1 heterocycles. The number of ether oxygens (including phenoxy) is 1. The number of nitrogens with zero attached hydrogens (tertiary/aromatic N) is 1. The van der Waals surface area contributed by atoms with E-state index in [-0.39, 0.29) is 29.9 Å². The number of phenols is 1. The Labute approximate surface area is 120 Å². The minimum absolute atomic E-state index is 0.0568. The Bertz CT molecular complexity index is 540. The topological polar surface area (TPSA) is 87.1 Å². The zero-order chi connectivity index (χ0) is 15.4. The second kappa shape index (κ2) is 6.53. The Morgan fingerprint density at radius 1 is 1.33 bits per heavy atom. The summed E-state index contributed by atoms with van der Waals surface area (Å²) in [7, 11) is 0. The molecule has 1 aliphatic heterocycles. The third kappa shape index (κ3) is 3.91. The van der Waals surface area contributed by atoms with Crippen LogP contribution in [0.15, 0.2) is 18.2 Å². The summed E-state index contributed by atoms with van der Waals surface area (Å²) < 4.78 is 18.1. The van der Waals surface area contributed by atoms with Crippen LogP contribution in [0.25, 0.3) is 0 Å². The van der Waals surface area contributed by atoms with Crippen molar-refractivity contribution in [2.24, 2.45) is 0 Å². The van der Waals surface area contributed by atoms with Gasteiger partial charge in [0, 0.05) is 19.2 Å². The van der Waals surface area contributed by atoms with E-state index >= 15 is 0 Å². The van der Waals surface area contributed by atoms with Gasteiger partial charge in [0.1, 0.15) is 18.2 Å². The molecular formula is C14H16FNO5. The molecule has 114 valence electrons. The molecule has 2 N–H and O–H groups in total. The molecule has 0 atom stereocenters. The predicted molar refractivity (Wildman–Crippen MR) is 70.6 cm³/mol. The van der Waals surface area contributed by atoms with E-state index in [0.29, 0.717) is 25.9 Å². The highest BCUT2D eigenvalue weighted by Gasteiger charge is 2.26. The van der Waals surface area contributed by atoms with Crippen LogP contribution in [0.5, 0.6) is 5.75 Å². The fourth-order valence-electron chi connectivity index (χ4n) is 2.27. The van der Waals surface area contributed by atoms with E-state index in [1.807, 2.05) is 0 Å². The zero-order valence-electron chi connectivity index (χ0n) is 11.3. The van der Waals surface area contributed by atoms with Crippen LogP contribution in [0.2, 0.25) is 0 Å². The van der Waals surface area contributed by atoms with Gasteiger partial charge >= 0.3 is 5.97 Å². The van der Waals surface area contributed by atoms with E-state index in [0.717, 1.165) is 12.1 Å². The van der Waals surface area contributed by atoms with Gasteiger partial charge in [-0.25, -0.2) is 9.18 Å². The average molecular weight is 297 g/mol. The third-order valence-corrected chi connectivity index (χ3v) is 3.36. The van der Waals surface area contributed by atoms with Crippen LogP contribution in [-0.2, 0) is 9.53 Å². The van der Waals surface area contributed by atoms with Gasteiger partial charge in [-0.3, -0.25) is 4.79 Å². The smallest absolute Gasteiger partial charge is 0.329 e. The maximum atomic E-state index is 12.9. The summed E-state index contributed by atoms with van der Waals surface area (Å²) in [5.74, 6) is -2.39. The number of carboxylic acids is 1. The number of hydrogen-bond donors (Lipinski definition) is 2. The van der Waals surface area contributed by atoms with Gasteiger partial charge in [0.2, 0.25) is 0 Å². The Morgan fingerprint density at radius 2 is 2.00 bits per heavy atom. The largest absolute Gasteiger partial charge is 0.507 e. The standard InChI is InChI=1S/C14H16FNO5/c15-9-1-2-11(12(17)7-9)14(20)16-5-3-10(4-6-16)21-8-13(18)19/h1-2,7,10,17H,3-6,8H2,(H,18,19). The van der Waals surface area contributed by atoms with E-state index in [9.17, 15) is 19.1 Å². The summed E-state index contributed by atoms with van der Waals surface area (Å²) in [5, 5.41) is 18.2. The highest BCUT2D eigenvalue weighted by molar-refractivity contribution is 5.96. The van der Waals surface area contributed by atoms with Crippen molar-refractivity contribution in [2.75, 3.05) is 19.7 Å². The molecule has 0 aromatic heterocycles. The van der Waals surface area contributed by atoms with Crippen molar-refractivity contribution in [1.29, 1.82) is 0 Å². The first-order chi connectivity index (χ1) is 9.97. The average Bonchev–Trinajstić information content (AvgIpc) is 2.45. The Kier molecular flexibility index (Phi) is 4.74. The number of carbonyl (C=O) groups is 2. The van der Waals surface area contributed by atoms with Crippen molar-refractivity contribution < 1.29 is 28.9 Å². The number of phenolic OH excluding ortho intramolecular Hbond substituents is 1. The van der Waals surface area contributed by atoms with Gasteiger partial charge in [-0.15, -0.1) is 0 Å². The number of aromatic hydroxyl groups is 1. The molecule has 7 heteroatoms. The molecule has 0 bridgehead atoms. The van der Waals surface area contributed by atoms with Gasteiger partial charge in [-0.05, 0) is 25.0 Å². The molecular weight excluding hydrogens is 281 g/mol. The minimum Gasteiger partial charge on any atom is -0.507 e. The third-order valence-electron chi connectivity index (χ3n) is 3.36. The molecule has 1 amide bonds. The zero-order valence-corrected chi connectivity index (χ0v) is 11.3. The monoisotopic (exact) mass is 297 g/mol. The fourth-order valence-corrected chi connectivity index (χ4v) is 2.27. The van der Waals surface area contributed by atoms with E-state index < -0.39 is 11.8 Å². The lowest BCUT2D eigenvalue weighted by molar-refractivity contribution is -0.145. The van der Waals surface area contributed by atoms with Crippen molar-refractivity contribution in [3.05, 3.63) is 29.6 Å². The molecule has 0 unspecified atom stereocenters. The summed E-state index contributed by atoms with van der Waals surface area (Å²) in [6.45, 7) is 0.456. The van der Waals surface area contributed by atoms with Gasteiger partial charge in [0.25, 0.3) is 5.91 Å². The van der Waals surface area contributed by atoms with Crippen molar-refractivity contribution in [2.45, 2.75) is 18.9 Å². The van der Waals surface area contributed by atoms with Crippen molar-refractivity contribution >= 4 is 11.9 Å². The second-order valence-electron chi connectivity index (χ2n) is 4.86. The number of halogens is 1. The summed E-state index contributed by atoms with van der Waals surface area (Å²) in [6.07, 6.45) is 0.869. The van der Waals surface area contributed by atoms with Crippen LogP contribution in [0.3, 0.4) is 0 Å². The van der Waals surface area contributed by atoms with Crippen molar-refractivity contribution in [3.63, 3.8) is 0 Å². The molecule has 1 aliphatic rings. The number of aliphatic carboxylic acids is 1. The van der Waals surface area contributed by atoms with E-state index in [1.54, 1.807) is 0 Å². The summed E-state index contributed by atoms with van der Waals surface area (Å²) in [6, 6.07) is 3.27. The van der Waals surface area contributed by atoms with Crippen LogP contribution in [0.1, 0.15) is 23.2 Å². The van der Waals surface area contributed by atoms with Crippen LogP contribution < -0.4 is 0 Å². The van der Waals surface area contributed by atoms with Gasteiger partial charge in [0.15, 0.2) is 0 Å². The molecule has 0 spiro atoms. The number of hydrogen-bond acceptors (Lipinski definition) is 4. The minimum atomic E-state index is -1.02. The van der Waals surface area contributed by atoms with E-state index in [4.69, 9.17) is 9.84 Å². The number of likely N-dealkylation sites (tertiary alicyclic amines) is 1. The van der Waals surface area contributed by atoms with Crippen molar-refractivity contribution in [1.82, 2.24) is 4.90 Å². The first-order valence-electron chi connectivity index (χ1n) is 6.58. The number of carboxylic acid groups (broad SMARTS) is 1. The van der Waals surface area contributed by atoms with E-state index in [1.165, 1.54) is 11.0 Å². The number of benzene rings is 1. The van der Waals surface area contributed by atoms with Gasteiger partial charge in [-0.2, -0.15) is 0 Å². The van der Waals surface area contributed by atoms with Crippen molar-refractivity contribution in [3.8, 4) is 5.75 Å². The van der Waals surface area contributed by atoms with Crippen LogP contribution in [0.4, 0.5) is 4.39 Å². The molecule has 1 saturated heterocycles. The molecule has 6 nitrogen and oxygen atoms in total. The Morgan fingerprint density at radius 3 is 2.57 bits per heavy atom. The summed E-state index contributed by atoms with van der Waals surface area (Å²) in [4.78, 5) is 24.2. The summed E-state index contributed by atoms with van der Waals surface area (Å²) in [5.41, 5.74) is 0.0568. The normalized spacial score (nSPS) is 16.0. The molecule has 0 saturated carbocycles. The quantitative estimate of drug-likeness (QED) is 0.873. The fraction of sp³-hybridized carbons (Fsp3) is 0.429. The molecule has 1 aromatic rings. The maximum absolute atomic E-state index is 12.9. The molecule has 21 heavy (non-hydrogen) atoms. The Hall–Kier alpha value is -2.15. The number of rotatable bonds is 4. The van der Waals surface area contributed by atoms with Gasteiger partial charge < -0.3 is 19.8 Å². The highest BCUT2D eigenvalue weighted by Crippen LogP contribution is 2.22. The maximum Gasteiger partial charge on any atom is 0.329 e. The number of amides is 1. The molecule has 0 radical (unpaired) electrons. The highest BCUT2D eigenvalue weighted by atomic mass is 19.1. The second-order valence-corrected chi connectivity index (χ2v) is 4.86. The molecule has 2 rings (SSSR count).